The standard InChI is InChI=1S/C8H8NO/c10-8-5-6-3-1-2-4-7(6)9-8/h1-4,6-7H,5H2. The molecule has 2 atom stereocenters. The predicted molar refractivity (Wildman–Crippen MR) is 37.3 cm³/mol. The molecule has 2 nitrogen and oxygen atoms in total. The molecule has 1 heterocycles. The van der Waals surface area contributed by atoms with E-state index in [9.17, 15) is 4.79 Å². The highest BCUT2D eigenvalue weighted by Crippen LogP contribution is 2.22. The molecule has 2 rings (SSSR count). The van der Waals surface area contributed by atoms with Crippen molar-refractivity contribution < 1.29 is 4.79 Å². The second kappa shape index (κ2) is 1.97. The van der Waals surface area contributed by atoms with Crippen molar-refractivity contribution >= 4 is 5.91 Å². The maximum absolute atomic E-state index is 10.8. The second-order valence-electron chi connectivity index (χ2n) is 2.65. The molecule has 1 radical (unpaired) electrons. The van der Waals surface area contributed by atoms with E-state index in [0.29, 0.717) is 12.3 Å². The summed E-state index contributed by atoms with van der Waals surface area (Å²) in [6.45, 7) is 0. The topological polar surface area (TPSA) is 31.2 Å². The van der Waals surface area contributed by atoms with Crippen molar-refractivity contribution in [3.05, 3.63) is 24.3 Å². The van der Waals surface area contributed by atoms with Crippen LogP contribution in [0.1, 0.15) is 6.42 Å². The van der Waals surface area contributed by atoms with Crippen molar-refractivity contribution in [1.29, 1.82) is 0 Å². The van der Waals surface area contributed by atoms with Gasteiger partial charge in [0.2, 0.25) is 5.91 Å². The van der Waals surface area contributed by atoms with Crippen LogP contribution in [0.3, 0.4) is 0 Å². The summed E-state index contributed by atoms with van der Waals surface area (Å²) in [5.74, 6) is 0.406. The van der Waals surface area contributed by atoms with Gasteiger partial charge in [0.15, 0.2) is 0 Å². The van der Waals surface area contributed by atoms with Crippen LogP contribution in [0.5, 0.6) is 0 Å². The number of nitrogens with zero attached hydrogens (tertiary/aromatic N) is 1. The smallest absolute Gasteiger partial charge is 0.242 e. The molecule has 1 aliphatic heterocycles. The molecule has 0 N–H and O–H groups in total. The van der Waals surface area contributed by atoms with Gasteiger partial charge >= 0.3 is 0 Å². The number of fused-ring (bicyclic) bond motifs is 1. The molecule has 0 saturated carbocycles. The maximum atomic E-state index is 10.8. The molecule has 51 valence electrons. The van der Waals surface area contributed by atoms with Crippen LogP contribution in [0.2, 0.25) is 0 Å². The van der Waals surface area contributed by atoms with E-state index >= 15 is 0 Å². The maximum Gasteiger partial charge on any atom is 0.242 e. The first-order valence-electron chi connectivity index (χ1n) is 3.45. The van der Waals surface area contributed by atoms with Gasteiger partial charge in [-0.3, -0.25) is 4.79 Å². The average molecular weight is 134 g/mol. The fourth-order valence-corrected chi connectivity index (χ4v) is 1.39. The third-order valence-corrected chi connectivity index (χ3v) is 1.92. The Hall–Kier alpha value is -1.05. The number of carbonyl (C=O) groups excluding carboxylic acids is 1. The minimum absolute atomic E-state index is 0.0474. The Bertz CT molecular complexity index is 195. The van der Waals surface area contributed by atoms with Crippen LogP contribution in [0, 0.1) is 5.92 Å². The molecule has 0 aromatic carbocycles. The average Bonchev–Trinajstić information content (AvgIpc) is 2.27. The molecule has 0 bridgehead atoms. The van der Waals surface area contributed by atoms with Gasteiger partial charge in [-0.2, -0.15) is 0 Å². The van der Waals surface area contributed by atoms with E-state index in [1.165, 1.54) is 0 Å². The van der Waals surface area contributed by atoms with Gasteiger partial charge in [-0.15, -0.1) is 0 Å². The quantitative estimate of drug-likeness (QED) is 0.478. The van der Waals surface area contributed by atoms with Gasteiger partial charge in [0.25, 0.3) is 0 Å². The predicted octanol–water partition coefficient (Wildman–Crippen LogP) is 0.632. The van der Waals surface area contributed by atoms with Gasteiger partial charge in [0, 0.05) is 12.3 Å². The zero-order chi connectivity index (χ0) is 6.97. The molecule has 1 saturated heterocycles. The lowest BCUT2D eigenvalue weighted by Crippen LogP contribution is -2.20. The molecule has 1 amide bonds. The number of amides is 1. The van der Waals surface area contributed by atoms with E-state index in [4.69, 9.17) is 0 Å². The largest absolute Gasteiger partial charge is 0.273 e. The minimum atomic E-state index is 0.0474. The second-order valence-corrected chi connectivity index (χ2v) is 2.65. The Morgan fingerprint density at radius 2 is 2.20 bits per heavy atom. The Kier molecular flexibility index (Phi) is 1.13. The normalized spacial score (nSPS) is 35.8. The Morgan fingerprint density at radius 1 is 1.40 bits per heavy atom. The zero-order valence-electron chi connectivity index (χ0n) is 5.53. The Balaban J connectivity index is 2.22. The first-order valence-corrected chi connectivity index (χ1v) is 3.45. The molecule has 10 heavy (non-hydrogen) atoms. The highest BCUT2D eigenvalue weighted by atomic mass is 16.1. The summed E-state index contributed by atoms with van der Waals surface area (Å²) in [6.07, 6.45) is 8.57. The van der Waals surface area contributed by atoms with Crippen LogP contribution in [0.25, 0.3) is 0 Å². The first-order chi connectivity index (χ1) is 4.86. The van der Waals surface area contributed by atoms with Crippen LogP contribution < -0.4 is 5.32 Å². The van der Waals surface area contributed by atoms with Gasteiger partial charge in [-0.1, -0.05) is 24.3 Å². The third-order valence-electron chi connectivity index (χ3n) is 1.92. The van der Waals surface area contributed by atoms with Crippen molar-refractivity contribution in [3.63, 3.8) is 0 Å². The monoisotopic (exact) mass is 134 g/mol. The molecule has 0 aromatic rings. The van der Waals surface area contributed by atoms with Crippen LogP contribution in [-0.4, -0.2) is 11.9 Å². The van der Waals surface area contributed by atoms with E-state index in [1.807, 2.05) is 18.2 Å². The summed E-state index contributed by atoms with van der Waals surface area (Å²) in [5.41, 5.74) is 0. The molecular weight excluding hydrogens is 126 g/mol. The molecule has 1 aliphatic carbocycles. The van der Waals surface area contributed by atoms with Gasteiger partial charge in [-0.05, 0) is 0 Å². The highest BCUT2D eigenvalue weighted by molar-refractivity contribution is 5.79. The highest BCUT2D eigenvalue weighted by Gasteiger charge is 2.31. The molecule has 0 aromatic heterocycles. The lowest BCUT2D eigenvalue weighted by atomic mass is 9.96. The minimum Gasteiger partial charge on any atom is -0.273 e. The summed E-state index contributed by atoms with van der Waals surface area (Å²) < 4.78 is 0. The van der Waals surface area contributed by atoms with Gasteiger partial charge in [-0.25, -0.2) is 5.32 Å². The lowest BCUT2D eigenvalue weighted by Gasteiger charge is -2.10. The van der Waals surface area contributed by atoms with Crippen LogP contribution in [0.4, 0.5) is 0 Å². The number of hydrogen-bond acceptors (Lipinski definition) is 1. The van der Waals surface area contributed by atoms with Gasteiger partial charge in [0.05, 0.1) is 6.04 Å². The SMILES string of the molecule is O=C1CC2C=CC=CC2[N]1. The summed E-state index contributed by atoms with van der Waals surface area (Å²) in [7, 11) is 0. The van der Waals surface area contributed by atoms with Crippen LogP contribution >= 0.6 is 0 Å². The van der Waals surface area contributed by atoms with E-state index in [-0.39, 0.29) is 11.9 Å². The fraction of sp³-hybridized carbons (Fsp3) is 0.375. The Labute approximate surface area is 59.6 Å². The van der Waals surface area contributed by atoms with E-state index in [1.54, 1.807) is 0 Å². The van der Waals surface area contributed by atoms with Crippen LogP contribution in [0.15, 0.2) is 24.3 Å². The molecule has 1 fully saturated rings. The summed E-state index contributed by atoms with van der Waals surface area (Å²) >= 11 is 0. The number of allylic oxidation sites excluding steroid dienone is 2. The van der Waals surface area contributed by atoms with Crippen molar-refractivity contribution in [3.8, 4) is 0 Å². The summed E-state index contributed by atoms with van der Waals surface area (Å²) in [4.78, 5) is 10.8. The number of carbonyl (C=O) groups is 1. The first kappa shape index (κ1) is 5.71. The molecule has 2 unspecified atom stereocenters. The molecule has 0 spiro atoms. The van der Waals surface area contributed by atoms with Crippen LogP contribution in [-0.2, 0) is 4.79 Å². The fourth-order valence-electron chi connectivity index (χ4n) is 1.39. The van der Waals surface area contributed by atoms with Crippen molar-refractivity contribution in [2.75, 3.05) is 0 Å². The number of rotatable bonds is 0. The molecule has 2 aliphatic rings. The Morgan fingerprint density at radius 3 is 3.00 bits per heavy atom. The molecular formula is C8H8NO. The third kappa shape index (κ3) is 0.764. The van der Waals surface area contributed by atoms with Crippen molar-refractivity contribution in [1.82, 2.24) is 5.32 Å². The van der Waals surface area contributed by atoms with Crippen molar-refractivity contribution in [2.24, 2.45) is 5.92 Å². The molecule has 2 heteroatoms. The summed E-state index contributed by atoms with van der Waals surface area (Å²) in [6, 6.07) is 0.150. The van der Waals surface area contributed by atoms with Crippen molar-refractivity contribution in [2.45, 2.75) is 12.5 Å². The van der Waals surface area contributed by atoms with E-state index in [0.717, 1.165) is 0 Å². The van der Waals surface area contributed by atoms with E-state index < -0.39 is 0 Å². The van der Waals surface area contributed by atoms with E-state index in [2.05, 4.69) is 11.4 Å². The van der Waals surface area contributed by atoms with Gasteiger partial charge in [0.1, 0.15) is 0 Å². The zero-order valence-corrected chi connectivity index (χ0v) is 5.53. The van der Waals surface area contributed by atoms with Gasteiger partial charge < -0.3 is 0 Å². The number of hydrogen-bond donors (Lipinski definition) is 0. The summed E-state index contributed by atoms with van der Waals surface area (Å²) in [5, 5.41) is 3.93. The lowest BCUT2D eigenvalue weighted by molar-refractivity contribution is -0.119.